The second-order valence-corrected chi connectivity index (χ2v) is 6.74. The standard InChI is InChI=1S/C19H18ClN5O3/c1-11(10-22-19(27)17-8-18(12(2)26)28-24-17)25-6-5-16(23-25)13-3-4-14(9-21)15(20)7-13/h3-8,11-12,26H,10H2,1-2H3,(H,22,27)/t11-,12?/m0/s1. The van der Waals surface area contributed by atoms with E-state index in [2.05, 4.69) is 15.6 Å². The van der Waals surface area contributed by atoms with Gasteiger partial charge in [-0.1, -0.05) is 22.8 Å². The zero-order chi connectivity index (χ0) is 20.3. The lowest BCUT2D eigenvalue weighted by atomic mass is 10.1. The van der Waals surface area contributed by atoms with E-state index < -0.39 is 12.0 Å². The van der Waals surface area contributed by atoms with Gasteiger partial charge < -0.3 is 14.9 Å². The van der Waals surface area contributed by atoms with Crippen molar-refractivity contribution < 1.29 is 14.4 Å². The Morgan fingerprint density at radius 3 is 2.82 bits per heavy atom. The molecule has 3 aromatic rings. The second kappa shape index (κ2) is 8.25. The third kappa shape index (κ3) is 4.22. The van der Waals surface area contributed by atoms with Crippen molar-refractivity contribution in [3.05, 3.63) is 58.6 Å². The van der Waals surface area contributed by atoms with E-state index in [1.54, 1.807) is 29.1 Å². The summed E-state index contributed by atoms with van der Waals surface area (Å²) in [5.74, 6) is -0.162. The minimum Gasteiger partial charge on any atom is -0.385 e. The van der Waals surface area contributed by atoms with E-state index in [4.69, 9.17) is 21.4 Å². The number of carbonyl (C=O) groups is 1. The van der Waals surface area contributed by atoms with Gasteiger partial charge in [0.05, 0.1) is 22.3 Å². The van der Waals surface area contributed by atoms with E-state index in [1.165, 1.54) is 13.0 Å². The lowest BCUT2D eigenvalue weighted by Crippen LogP contribution is -2.30. The number of aliphatic hydroxyl groups is 1. The number of amides is 1. The van der Waals surface area contributed by atoms with Crippen molar-refractivity contribution in [2.75, 3.05) is 6.54 Å². The highest BCUT2D eigenvalue weighted by atomic mass is 35.5. The van der Waals surface area contributed by atoms with Crippen LogP contribution < -0.4 is 5.32 Å². The number of aliphatic hydroxyl groups excluding tert-OH is 1. The summed E-state index contributed by atoms with van der Waals surface area (Å²) in [6, 6.07) is 10.3. The molecule has 2 heterocycles. The molecule has 0 radical (unpaired) electrons. The zero-order valence-electron chi connectivity index (χ0n) is 15.3. The molecular weight excluding hydrogens is 382 g/mol. The molecule has 0 saturated carbocycles. The van der Waals surface area contributed by atoms with Crippen LogP contribution in [0.25, 0.3) is 11.3 Å². The first-order valence-electron chi connectivity index (χ1n) is 8.57. The first-order chi connectivity index (χ1) is 13.4. The number of nitrogens with one attached hydrogen (secondary N) is 1. The molecule has 0 aliphatic heterocycles. The van der Waals surface area contributed by atoms with Gasteiger partial charge in [0.2, 0.25) is 0 Å². The van der Waals surface area contributed by atoms with Gasteiger partial charge in [-0.15, -0.1) is 0 Å². The van der Waals surface area contributed by atoms with Crippen LogP contribution in [0.2, 0.25) is 5.02 Å². The van der Waals surface area contributed by atoms with E-state index in [9.17, 15) is 9.90 Å². The van der Waals surface area contributed by atoms with Crippen molar-refractivity contribution in [1.29, 1.82) is 5.26 Å². The summed E-state index contributed by atoms with van der Waals surface area (Å²) in [5, 5.41) is 29.7. The predicted octanol–water partition coefficient (Wildman–Crippen LogP) is 3.11. The topological polar surface area (TPSA) is 117 Å². The summed E-state index contributed by atoms with van der Waals surface area (Å²) in [4.78, 5) is 12.2. The molecule has 1 aromatic carbocycles. The van der Waals surface area contributed by atoms with E-state index in [1.807, 2.05) is 19.1 Å². The fourth-order valence-corrected chi connectivity index (χ4v) is 2.74. The Labute approximate surface area is 166 Å². The van der Waals surface area contributed by atoms with Crippen molar-refractivity contribution in [3.63, 3.8) is 0 Å². The molecule has 0 saturated heterocycles. The monoisotopic (exact) mass is 399 g/mol. The minimum atomic E-state index is -0.828. The summed E-state index contributed by atoms with van der Waals surface area (Å²) >= 11 is 6.08. The van der Waals surface area contributed by atoms with Gasteiger partial charge in [-0.3, -0.25) is 9.48 Å². The lowest BCUT2D eigenvalue weighted by Gasteiger charge is -2.12. The van der Waals surface area contributed by atoms with Gasteiger partial charge in [-0.05, 0) is 32.0 Å². The van der Waals surface area contributed by atoms with Crippen LogP contribution in [0.4, 0.5) is 0 Å². The van der Waals surface area contributed by atoms with Gasteiger partial charge in [0.25, 0.3) is 5.91 Å². The molecule has 0 aliphatic rings. The smallest absolute Gasteiger partial charge is 0.273 e. The molecule has 1 unspecified atom stereocenters. The molecule has 0 bridgehead atoms. The van der Waals surface area contributed by atoms with Gasteiger partial charge in [-0.25, -0.2) is 0 Å². The molecule has 0 aliphatic carbocycles. The van der Waals surface area contributed by atoms with Crippen LogP contribution in [-0.2, 0) is 0 Å². The summed E-state index contributed by atoms with van der Waals surface area (Å²) in [6.07, 6.45) is 0.978. The quantitative estimate of drug-likeness (QED) is 0.657. The van der Waals surface area contributed by atoms with Crippen LogP contribution >= 0.6 is 11.6 Å². The Morgan fingerprint density at radius 2 is 2.18 bits per heavy atom. The Hall–Kier alpha value is -3.15. The third-order valence-electron chi connectivity index (χ3n) is 4.18. The Bertz CT molecular complexity index is 1030. The van der Waals surface area contributed by atoms with Crippen LogP contribution in [0.1, 0.15) is 47.8 Å². The number of hydrogen-bond donors (Lipinski definition) is 2. The van der Waals surface area contributed by atoms with E-state index in [0.717, 1.165) is 5.56 Å². The lowest BCUT2D eigenvalue weighted by molar-refractivity contribution is 0.0937. The van der Waals surface area contributed by atoms with Crippen LogP contribution in [0.15, 0.2) is 41.1 Å². The predicted molar refractivity (Wildman–Crippen MR) is 102 cm³/mol. The van der Waals surface area contributed by atoms with Crippen LogP contribution in [-0.4, -0.2) is 32.5 Å². The summed E-state index contributed by atoms with van der Waals surface area (Å²) in [6.45, 7) is 3.76. The maximum absolute atomic E-state index is 12.2. The molecule has 2 aromatic heterocycles. The van der Waals surface area contributed by atoms with E-state index in [-0.39, 0.29) is 17.5 Å². The Morgan fingerprint density at radius 1 is 1.39 bits per heavy atom. The van der Waals surface area contributed by atoms with Gasteiger partial charge in [0, 0.05) is 24.4 Å². The SMILES string of the molecule is CC(O)c1cc(C(=O)NC[C@H](C)n2ccc(-c3ccc(C#N)c(Cl)c3)n2)no1. The molecule has 1 amide bonds. The molecule has 0 fully saturated rings. The van der Waals surface area contributed by atoms with Gasteiger partial charge >= 0.3 is 0 Å². The maximum Gasteiger partial charge on any atom is 0.273 e. The molecule has 8 nitrogen and oxygen atoms in total. The van der Waals surface area contributed by atoms with E-state index >= 15 is 0 Å². The summed E-state index contributed by atoms with van der Waals surface area (Å²) < 4.78 is 6.64. The fraction of sp³-hybridized carbons (Fsp3) is 0.263. The number of halogens is 1. The van der Waals surface area contributed by atoms with Crippen molar-refractivity contribution in [3.8, 4) is 17.3 Å². The minimum absolute atomic E-state index is 0.108. The number of carbonyl (C=O) groups excluding carboxylic acids is 1. The molecule has 28 heavy (non-hydrogen) atoms. The number of nitrogens with zero attached hydrogens (tertiary/aromatic N) is 4. The first kappa shape index (κ1) is 19.6. The number of hydrogen-bond acceptors (Lipinski definition) is 6. The Kier molecular flexibility index (Phi) is 5.78. The van der Waals surface area contributed by atoms with Gasteiger partial charge in [-0.2, -0.15) is 10.4 Å². The average molecular weight is 400 g/mol. The van der Waals surface area contributed by atoms with Crippen LogP contribution in [0, 0.1) is 11.3 Å². The third-order valence-corrected chi connectivity index (χ3v) is 4.49. The van der Waals surface area contributed by atoms with Gasteiger partial charge in [0.15, 0.2) is 11.5 Å². The van der Waals surface area contributed by atoms with Crippen molar-refractivity contribution in [1.82, 2.24) is 20.3 Å². The Balaban J connectivity index is 1.64. The highest BCUT2D eigenvalue weighted by Crippen LogP contribution is 2.24. The molecule has 9 heteroatoms. The van der Waals surface area contributed by atoms with Crippen molar-refractivity contribution in [2.24, 2.45) is 0 Å². The molecule has 0 spiro atoms. The molecule has 2 N–H and O–H groups in total. The number of benzene rings is 1. The molecule has 144 valence electrons. The number of rotatable bonds is 6. The van der Waals surface area contributed by atoms with Crippen LogP contribution in [0.3, 0.4) is 0 Å². The fourth-order valence-electron chi connectivity index (χ4n) is 2.52. The largest absolute Gasteiger partial charge is 0.385 e. The summed E-state index contributed by atoms with van der Waals surface area (Å²) in [5.41, 5.74) is 2.03. The van der Waals surface area contributed by atoms with E-state index in [0.29, 0.717) is 22.8 Å². The number of nitriles is 1. The van der Waals surface area contributed by atoms with Crippen molar-refractivity contribution >= 4 is 17.5 Å². The molecular formula is C19H18ClN5O3. The molecule has 2 atom stereocenters. The maximum atomic E-state index is 12.2. The van der Waals surface area contributed by atoms with Crippen LogP contribution in [0.5, 0.6) is 0 Å². The second-order valence-electron chi connectivity index (χ2n) is 6.34. The average Bonchev–Trinajstić information content (AvgIpc) is 3.35. The normalized spacial score (nSPS) is 13.0. The van der Waals surface area contributed by atoms with Gasteiger partial charge in [0.1, 0.15) is 12.2 Å². The van der Waals surface area contributed by atoms with Crippen molar-refractivity contribution in [2.45, 2.75) is 26.0 Å². The molecule has 3 rings (SSSR count). The first-order valence-corrected chi connectivity index (χ1v) is 8.95. The zero-order valence-corrected chi connectivity index (χ0v) is 16.0. The summed E-state index contributed by atoms with van der Waals surface area (Å²) in [7, 11) is 0. The number of aromatic nitrogens is 3. The highest BCUT2D eigenvalue weighted by Gasteiger charge is 2.16. The highest BCUT2D eigenvalue weighted by molar-refractivity contribution is 6.32.